The van der Waals surface area contributed by atoms with Crippen molar-refractivity contribution in [3.63, 3.8) is 0 Å². The first-order valence-corrected chi connectivity index (χ1v) is 11.4. The molecule has 132 valence electrons. The topological polar surface area (TPSA) is 52.0 Å². The largest absolute Gasteiger partial charge is 0.236 e. The highest BCUT2D eigenvalue weighted by Gasteiger charge is 2.22. The molecule has 0 saturated carbocycles. The van der Waals surface area contributed by atoms with Crippen molar-refractivity contribution >= 4 is 32.5 Å². The maximum Gasteiger partial charge on any atom is 0.193 e. The van der Waals surface area contributed by atoms with Crippen LogP contribution in [0.1, 0.15) is 11.3 Å². The van der Waals surface area contributed by atoms with Gasteiger partial charge in [-0.05, 0) is 47.5 Å². The van der Waals surface area contributed by atoms with Gasteiger partial charge in [0.1, 0.15) is 9.90 Å². The minimum atomic E-state index is -3.41. The Morgan fingerprint density at radius 2 is 1.77 bits per heavy atom. The molecule has 0 saturated heterocycles. The standard InChI is InChI=1S/C19H16N2O2S3/c1-14-6-2-3-7-17(14)21-15(12-16(20-21)18-8-4-10-24-18)13-26(22,23)19-9-5-11-25-19/h2-12H,13H2,1H3. The molecular weight excluding hydrogens is 384 g/mol. The SMILES string of the molecule is Cc1ccccc1-n1nc(-c2cccs2)cc1CS(=O)(=O)c1cccs1. The molecule has 4 rings (SSSR count). The molecule has 0 atom stereocenters. The van der Waals surface area contributed by atoms with Gasteiger partial charge in [0.2, 0.25) is 0 Å². The second-order valence-electron chi connectivity index (χ2n) is 5.89. The quantitative estimate of drug-likeness (QED) is 0.476. The lowest BCUT2D eigenvalue weighted by molar-refractivity contribution is 0.595. The zero-order chi connectivity index (χ0) is 18.1. The Morgan fingerprint density at radius 1 is 1.00 bits per heavy atom. The van der Waals surface area contributed by atoms with Gasteiger partial charge in [0.25, 0.3) is 0 Å². The highest BCUT2D eigenvalue weighted by molar-refractivity contribution is 7.92. The second kappa shape index (κ2) is 6.83. The lowest BCUT2D eigenvalue weighted by Crippen LogP contribution is -2.10. The molecule has 0 unspecified atom stereocenters. The molecule has 3 aromatic heterocycles. The Kier molecular flexibility index (Phi) is 4.52. The normalized spacial score (nSPS) is 11.7. The Labute approximate surface area is 160 Å². The molecule has 4 aromatic rings. The number of para-hydroxylation sites is 1. The van der Waals surface area contributed by atoms with E-state index in [9.17, 15) is 8.42 Å². The third-order valence-corrected chi connectivity index (χ3v) is 8.07. The number of benzene rings is 1. The van der Waals surface area contributed by atoms with E-state index in [-0.39, 0.29) is 5.75 Å². The van der Waals surface area contributed by atoms with Gasteiger partial charge in [0.15, 0.2) is 9.84 Å². The van der Waals surface area contributed by atoms with Crippen LogP contribution in [0.25, 0.3) is 16.3 Å². The van der Waals surface area contributed by atoms with Gasteiger partial charge in [-0.15, -0.1) is 22.7 Å². The van der Waals surface area contributed by atoms with Crippen LogP contribution in [0.2, 0.25) is 0 Å². The Morgan fingerprint density at radius 3 is 2.46 bits per heavy atom. The summed E-state index contributed by atoms with van der Waals surface area (Å²) in [6.45, 7) is 2.00. The van der Waals surface area contributed by atoms with Gasteiger partial charge in [-0.3, -0.25) is 0 Å². The molecule has 0 spiro atoms. The highest BCUT2D eigenvalue weighted by atomic mass is 32.2. The summed E-state index contributed by atoms with van der Waals surface area (Å²) in [5, 5.41) is 8.49. The van der Waals surface area contributed by atoms with Crippen LogP contribution in [-0.2, 0) is 15.6 Å². The van der Waals surface area contributed by atoms with E-state index >= 15 is 0 Å². The van der Waals surface area contributed by atoms with Gasteiger partial charge >= 0.3 is 0 Å². The van der Waals surface area contributed by atoms with Gasteiger partial charge in [-0.1, -0.05) is 30.3 Å². The third-order valence-electron chi connectivity index (χ3n) is 4.04. The number of rotatable bonds is 5. The van der Waals surface area contributed by atoms with Crippen LogP contribution in [0.5, 0.6) is 0 Å². The predicted octanol–water partition coefficient (Wildman–Crippen LogP) is 4.94. The van der Waals surface area contributed by atoms with E-state index in [0.717, 1.165) is 21.8 Å². The molecule has 0 radical (unpaired) electrons. The van der Waals surface area contributed by atoms with Crippen LogP contribution in [0.4, 0.5) is 0 Å². The van der Waals surface area contributed by atoms with Gasteiger partial charge in [0, 0.05) is 0 Å². The van der Waals surface area contributed by atoms with Crippen LogP contribution < -0.4 is 0 Å². The Balaban J connectivity index is 1.84. The van der Waals surface area contributed by atoms with E-state index in [0.29, 0.717) is 9.90 Å². The fourth-order valence-corrected chi connectivity index (χ4v) is 5.87. The molecule has 7 heteroatoms. The summed E-state index contributed by atoms with van der Waals surface area (Å²) in [4.78, 5) is 1.02. The summed E-state index contributed by atoms with van der Waals surface area (Å²) in [7, 11) is -3.41. The van der Waals surface area contributed by atoms with Gasteiger partial charge < -0.3 is 0 Å². The van der Waals surface area contributed by atoms with Crippen molar-refractivity contribution in [3.8, 4) is 16.3 Å². The second-order valence-corrected chi connectivity index (χ2v) is 10.00. The van der Waals surface area contributed by atoms with Crippen molar-refractivity contribution in [2.24, 2.45) is 0 Å². The first-order chi connectivity index (χ1) is 12.5. The minimum absolute atomic E-state index is 0.0831. The fourth-order valence-electron chi connectivity index (χ4n) is 2.78. The fraction of sp³-hybridized carbons (Fsp3) is 0.105. The van der Waals surface area contributed by atoms with Crippen LogP contribution in [-0.4, -0.2) is 18.2 Å². The number of hydrogen-bond acceptors (Lipinski definition) is 5. The first-order valence-electron chi connectivity index (χ1n) is 8.00. The average Bonchev–Trinajstić information content (AvgIpc) is 3.37. The summed E-state index contributed by atoms with van der Waals surface area (Å²) in [6.07, 6.45) is 0. The van der Waals surface area contributed by atoms with Gasteiger partial charge in [-0.2, -0.15) is 5.10 Å². The van der Waals surface area contributed by atoms with E-state index < -0.39 is 9.84 Å². The zero-order valence-electron chi connectivity index (χ0n) is 14.0. The molecule has 0 fully saturated rings. The van der Waals surface area contributed by atoms with Gasteiger partial charge in [0.05, 0.1) is 22.0 Å². The zero-order valence-corrected chi connectivity index (χ0v) is 16.4. The summed E-state index contributed by atoms with van der Waals surface area (Å²) < 4.78 is 27.7. The first kappa shape index (κ1) is 17.2. The molecule has 0 N–H and O–H groups in total. The maximum atomic E-state index is 12.8. The third kappa shape index (κ3) is 3.25. The lowest BCUT2D eigenvalue weighted by Gasteiger charge is -2.10. The Bertz CT molecular complexity index is 1130. The number of sulfone groups is 1. The number of hydrogen-bond donors (Lipinski definition) is 0. The van der Waals surface area contributed by atoms with Crippen molar-refractivity contribution in [1.82, 2.24) is 9.78 Å². The molecule has 0 aliphatic rings. The van der Waals surface area contributed by atoms with E-state index in [4.69, 9.17) is 5.10 Å². The molecule has 1 aromatic carbocycles. The molecule has 0 amide bonds. The van der Waals surface area contributed by atoms with Crippen molar-refractivity contribution < 1.29 is 8.42 Å². The summed E-state index contributed by atoms with van der Waals surface area (Å²) in [6, 6.07) is 17.1. The molecule has 26 heavy (non-hydrogen) atoms. The molecule has 0 aliphatic heterocycles. The van der Waals surface area contributed by atoms with E-state index in [1.54, 1.807) is 33.5 Å². The van der Waals surface area contributed by atoms with Crippen molar-refractivity contribution in [2.75, 3.05) is 0 Å². The smallest absolute Gasteiger partial charge is 0.193 e. The van der Waals surface area contributed by atoms with Crippen LogP contribution in [0.3, 0.4) is 0 Å². The molecule has 0 bridgehead atoms. The lowest BCUT2D eigenvalue weighted by atomic mass is 10.2. The van der Waals surface area contributed by atoms with Crippen LogP contribution in [0.15, 0.2) is 69.6 Å². The Hall–Kier alpha value is -2.22. The van der Waals surface area contributed by atoms with Gasteiger partial charge in [-0.25, -0.2) is 13.1 Å². The van der Waals surface area contributed by atoms with E-state index in [1.165, 1.54) is 11.3 Å². The highest BCUT2D eigenvalue weighted by Crippen LogP contribution is 2.29. The molecule has 4 nitrogen and oxygen atoms in total. The summed E-state index contributed by atoms with van der Waals surface area (Å²) in [5.41, 5.74) is 3.39. The van der Waals surface area contributed by atoms with Crippen molar-refractivity contribution in [1.29, 1.82) is 0 Å². The van der Waals surface area contributed by atoms with Crippen molar-refractivity contribution in [2.45, 2.75) is 16.9 Å². The molecular formula is C19H16N2O2S3. The summed E-state index contributed by atoms with van der Waals surface area (Å²) in [5.74, 6) is -0.0831. The number of thiophene rings is 2. The number of aryl methyl sites for hydroxylation is 1. The van der Waals surface area contributed by atoms with Crippen molar-refractivity contribution in [3.05, 3.63) is 76.6 Å². The maximum absolute atomic E-state index is 12.8. The van der Waals surface area contributed by atoms with E-state index in [2.05, 4.69) is 0 Å². The number of aromatic nitrogens is 2. The van der Waals surface area contributed by atoms with Crippen LogP contribution in [0, 0.1) is 6.92 Å². The van der Waals surface area contributed by atoms with Crippen LogP contribution >= 0.6 is 22.7 Å². The van der Waals surface area contributed by atoms with E-state index in [1.807, 2.05) is 54.8 Å². The average molecular weight is 401 g/mol. The number of nitrogens with zero attached hydrogens (tertiary/aromatic N) is 2. The molecule has 3 heterocycles. The monoisotopic (exact) mass is 400 g/mol. The summed E-state index contributed by atoms with van der Waals surface area (Å²) >= 11 is 2.83. The predicted molar refractivity (Wildman–Crippen MR) is 107 cm³/mol. The minimum Gasteiger partial charge on any atom is -0.236 e. The molecule has 0 aliphatic carbocycles.